The molecular formula is C13H24N2O2. The minimum atomic E-state index is -0.668. The van der Waals surface area contributed by atoms with E-state index in [9.17, 15) is 9.90 Å². The lowest BCUT2D eigenvalue weighted by atomic mass is 10.0. The van der Waals surface area contributed by atoms with Gasteiger partial charge in [0.15, 0.2) is 0 Å². The number of carboxylic acids is 1. The molecule has 1 saturated heterocycles. The number of nitrogens with zero attached hydrogens (tertiary/aromatic N) is 1. The highest BCUT2D eigenvalue weighted by atomic mass is 16.4. The number of carbonyl (C=O) groups is 1. The van der Waals surface area contributed by atoms with E-state index in [0.717, 1.165) is 6.54 Å². The molecule has 1 aliphatic heterocycles. The molecular weight excluding hydrogens is 216 g/mol. The monoisotopic (exact) mass is 240 g/mol. The van der Waals surface area contributed by atoms with Gasteiger partial charge in [0.2, 0.25) is 0 Å². The third-order valence-electron chi connectivity index (χ3n) is 4.07. The molecule has 0 radical (unpaired) electrons. The number of aliphatic carboxylic acids is 1. The van der Waals surface area contributed by atoms with Gasteiger partial charge in [-0.05, 0) is 26.7 Å². The van der Waals surface area contributed by atoms with Crippen LogP contribution in [-0.4, -0.2) is 47.2 Å². The second-order valence-electron chi connectivity index (χ2n) is 6.17. The first-order valence-electron chi connectivity index (χ1n) is 6.70. The molecule has 0 aromatic carbocycles. The van der Waals surface area contributed by atoms with Gasteiger partial charge < -0.3 is 10.4 Å². The number of hydrogen-bond acceptors (Lipinski definition) is 3. The Balaban J connectivity index is 2.08. The molecule has 1 saturated carbocycles. The maximum absolute atomic E-state index is 11.2. The van der Waals surface area contributed by atoms with E-state index in [-0.39, 0.29) is 11.5 Å². The third-order valence-corrected chi connectivity index (χ3v) is 4.07. The SMILES string of the molecule is CC1(C)CN(C2CCCC2)CC(C(=O)O)CN1. The predicted octanol–water partition coefficient (Wildman–Crippen LogP) is 1.31. The van der Waals surface area contributed by atoms with Crippen molar-refractivity contribution in [2.45, 2.75) is 51.1 Å². The first kappa shape index (κ1) is 12.8. The van der Waals surface area contributed by atoms with Crippen LogP contribution in [0.4, 0.5) is 0 Å². The molecule has 2 rings (SSSR count). The van der Waals surface area contributed by atoms with Gasteiger partial charge in [-0.3, -0.25) is 9.69 Å². The minimum absolute atomic E-state index is 0.0206. The molecule has 4 nitrogen and oxygen atoms in total. The van der Waals surface area contributed by atoms with Crippen LogP contribution in [0.25, 0.3) is 0 Å². The van der Waals surface area contributed by atoms with Crippen molar-refractivity contribution < 1.29 is 9.90 Å². The van der Waals surface area contributed by atoms with E-state index in [4.69, 9.17) is 0 Å². The molecule has 0 amide bonds. The van der Waals surface area contributed by atoms with Crippen LogP contribution >= 0.6 is 0 Å². The molecule has 2 fully saturated rings. The second-order valence-corrected chi connectivity index (χ2v) is 6.17. The van der Waals surface area contributed by atoms with Crippen LogP contribution in [0.3, 0.4) is 0 Å². The van der Waals surface area contributed by atoms with Crippen molar-refractivity contribution in [3.63, 3.8) is 0 Å². The fraction of sp³-hybridized carbons (Fsp3) is 0.923. The summed E-state index contributed by atoms with van der Waals surface area (Å²) in [6, 6.07) is 0.607. The van der Waals surface area contributed by atoms with E-state index in [1.54, 1.807) is 0 Å². The van der Waals surface area contributed by atoms with Crippen molar-refractivity contribution in [2.75, 3.05) is 19.6 Å². The summed E-state index contributed by atoms with van der Waals surface area (Å²) in [6.45, 7) is 6.59. The van der Waals surface area contributed by atoms with Gasteiger partial charge in [0.1, 0.15) is 0 Å². The maximum Gasteiger partial charge on any atom is 0.309 e. The van der Waals surface area contributed by atoms with E-state index < -0.39 is 5.97 Å². The van der Waals surface area contributed by atoms with Gasteiger partial charge in [0.25, 0.3) is 0 Å². The Labute approximate surface area is 103 Å². The van der Waals surface area contributed by atoms with Gasteiger partial charge >= 0.3 is 5.97 Å². The van der Waals surface area contributed by atoms with Crippen LogP contribution in [0.1, 0.15) is 39.5 Å². The van der Waals surface area contributed by atoms with Gasteiger partial charge in [-0.1, -0.05) is 12.8 Å². The van der Waals surface area contributed by atoms with Gasteiger partial charge in [-0.25, -0.2) is 0 Å². The Kier molecular flexibility index (Phi) is 3.73. The Morgan fingerprint density at radius 3 is 2.59 bits per heavy atom. The summed E-state index contributed by atoms with van der Waals surface area (Å²) in [6.07, 6.45) is 5.07. The van der Waals surface area contributed by atoms with Crippen LogP contribution in [0.2, 0.25) is 0 Å². The Morgan fingerprint density at radius 2 is 2.00 bits per heavy atom. The summed E-state index contributed by atoms with van der Waals surface area (Å²) in [7, 11) is 0. The average Bonchev–Trinajstić information content (AvgIpc) is 2.70. The quantitative estimate of drug-likeness (QED) is 0.764. The topological polar surface area (TPSA) is 52.6 Å². The van der Waals surface area contributed by atoms with E-state index in [1.807, 2.05) is 0 Å². The van der Waals surface area contributed by atoms with Gasteiger partial charge in [0, 0.05) is 31.2 Å². The smallest absolute Gasteiger partial charge is 0.309 e. The van der Waals surface area contributed by atoms with Crippen molar-refractivity contribution >= 4 is 5.97 Å². The van der Waals surface area contributed by atoms with Crippen LogP contribution in [0, 0.1) is 5.92 Å². The lowest BCUT2D eigenvalue weighted by Gasteiger charge is -2.34. The van der Waals surface area contributed by atoms with Gasteiger partial charge in [-0.15, -0.1) is 0 Å². The molecule has 0 aromatic heterocycles. The predicted molar refractivity (Wildman–Crippen MR) is 67.0 cm³/mol. The minimum Gasteiger partial charge on any atom is -0.481 e. The summed E-state index contributed by atoms with van der Waals surface area (Å²) in [5, 5.41) is 12.6. The van der Waals surface area contributed by atoms with Crippen LogP contribution in [0.5, 0.6) is 0 Å². The van der Waals surface area contributed by atoms with E-state index in [0.29, 0.717) is 19.1 Å². The average molecular weight is 240 g/mol. The third kappa shape index (κ3) is 3.19. The zero-order valence-corrected chi connectivity index (χ0v) is 10.9. The Hall–Kier alpha value is -0.610. The first-order valence-corrected chi connectivity index (χ1v) is 6.70. The maximum atomic E-state index is 11.2. The van der Waals surface area contributed by atoms with Gasteiger partial charge in [0.05, 0.1) is 5.92 Å². The molecule has 4 heteroatoms. The molecule has 1 unspecified atom stereocenters. The summed E-state index contributed by atoms with van der Waals surface area (Å²) in [5.41, 5.74) is 0.0206. The molecule has 0 spiro atoms. The van der Waals surface area contributed by atoms with E-state index in [1.165, 1.54) is 25.7 Å². The zero-order valence-electron chi connectivity index (χ0n) is 10.9. The molecule has 2 aliphatic rings. The molecule has 1 aliphatic carbocycles. The first-order chi connectivity index (χ1) is 7.98. The van der Waals surface area contributed by atoms with Crippen molar-refractivity contribution in [3.05, 3.63) is 0 Å². The molecule has 98 valence electrons. The second kappa shape index (κ2) is 4.94. The standard InChI is InChI=1S/C13H24N2O2/c1-13(2)9-15(11-5-3-4-6-11)8-10(7-14-13)12(16)17/h10-11,14H,3-9H2,1-2H3,(H,16,17). The fourth-order valence-corrected chi connectivity index (χ4v) is 3.09. The lowest BCUT2D eigenvalue weighted by molar-refractivity contribution is -0.142. The molecule has 1 heterocycles. The number of hydrogen-bond donors (Lipinski definition) is 2. The molecule has 0 bridgehead atoms. The number of nitrogens with one attached hydrogen (secondary N) is 1. The van der Waals surface area contributed by atoms with Crippen LogP contribution < -0.4 is 5.32 Å². The summed E-state index contributed by atoms with van der Waals surface area (Å²) in [4.78, 5) is 13.6. The molecule has 17 heavy (non-hydrogen) atoms. The summed E-state index contributed by atoms with van der Waals surface area (Å²) < 4.78 is 0. The molecule has 0 aromatic rings. The molecule has 2 N–H and O–H groups in total. The van der Waals surface area contributed by atoms with Crippen molar-refractivity contribution in [2.24, 2.45) is 5.92 Å². The fourth-order valence-electron chi connectivity index (χ4n) is 3.09. The number of carboxylic acid groups (broad SMARTS) is 1. The van der Waals surface area contributed by atoms with Crippen LogP contribution in [0.15, 0.2) is 0 Å². The Morgan fingerprint density at radius 1 is 1.35 bits per heavy atom. The highest BCUT2D eigenvalue weighted by molar-refractivity contribution is 5.70. The summed E-state index contributed by atoms with van der Waals surface area (Å²) >= 11 is 0. The van der Waals surface area contributed by atoms with Crippen LogP contribution in [-0.2, 0) is 4.79 Å². The highest BCUT2D eigenvalue weighted by Gasteiger charge is 2.35. The molecule has 1 atom stereocenters. The Bertz CT molecular complexity index is 285. The van der Waals surface area contributed by atoms with Crippen molar-refractivity contribution in [1.29, 1.82) is 0 Å². The number of rotatable bonds is 2. The van der Waals surface area contributed by atoms with Gasteiger partial charge in [-0.2, -0.15) is 0 Å². The van der Waals surface area contributed by atoms with Crippen molar-refractivity contribution in [1.82, 2.24) is 10.2 Å². The van der Waals surface area contributed by atoms with E-state index in [2.05, 4.69) is 24.1 Å². The normalized spacial score (nSPS) is 31.3. The van der Waals surface area contributed by atoms with Crippen molar-refractivity contribution in [3.8, 4) is 0 Å². The largest absolute Gasteiger partial charge is 0.481 e. The highest BCUT2D eigenvalue weighted by Crippen LogP contribution is 2.27. The summed E-state index contributed by atoms with van der Waals surface area (Å²) in [5.74, 6) is -0.935. The zero-order chi connectivity index (χ0) is 12.5. The van der Waals surface area contributed by atoms with E-state index >= 15 is 0 Å². The lowest BCUT2D eigenvalue weighted by Crippen LogP contribution is -2.48.